The van der Waals surface area contributed by atoms with Gasteiger partial charge in [0.15, 0.2) is 0 Å². The van der Waals surface area contributed by atoms with Crippen molar-refractivity contribution in [2.24, 2.45) is 0 Å². The van der Waals surface area contributed by atoms with Gasteiger partial charge in [0.25, 0.3) is 0 Å². The lowest BCUT2D eigenvalue weighted by Gasteiger charge is -1.98. The zero-order valence-corrected chi connectivity index (χ0v) is 7.79. The second-order valence-electron chi connectivity index (χ2n) is 3.11. The molecule has 13 heavy (non-hydrogen) atoms. The fourth-order valence-corrected chi connectivity index (χ4v) is 1.02. The van der Waals surface area contributed by atoms with E-state index < -0.39 is 6.10 Å². The van der Waals surface area contributed by atoms with Gasteiger partial charge in [-0.1, -0.05) is 18.2 Å². The van der Waals surface area contributed by atoms with Crippen molar-refractivity contribution < 1.29 is 9.50 Å². The van der Waals surface area contributed by atoms with E-state index in [9.17, 15) is 4.39 Å². The molecule has 0 aliphatic heterocycles. The van der Waals surface area contributed by atoms with Gasteiger partial charge in [-0.25, -0.2) is 4.39 Å². The largest absolute Gasteiger partial charge is 0.389 e. The molecule has 0 heterocycles. The van der Waals surface area contributed by atoms with E-state index in [-0.39, 0.29) is 5.82 Å². The standard InChI is InChI=1S/C11H13FO/c1-8-7-10(4-3-9(2)13)5-6-11(8)12/h3-7,9,13H,1-2H3/b4-3+. The molecular formula is C11H13FO. The maximum Gasteiger partial charge on any atom is 0.126 e. The van der Waals surface area contributed by atoms with Crippen molar-refractivity contribution in [3.05, 3.63) is 41.2 Å². The second-order valence-corrected chi connectivity index (χ2v) is 3.11. The maximum atomic E-state index is 12.8. The molecule has 1 nitrogen and oxygen atoms in total. The smallest absolute Gasteiger partial charge is 0.126 e. The quantitative estimate of drug-likeness (QED) is 0.741. The number of halogens is 1. The highest BCUT2D eigenvalue weighted by molar-refractivity contribution is 5.50. The Morgan fingerprint density at radius 2 is 2.15 bits per heavy atom. The van der Waals surface area contributed by atoms with Crippen molar-refractivity contribution >= 4 is 6.08 Å². The summed E-state index contributed by atoms with van der Waals surface area (Å²) in [5.74, 6) is -0.200. The van der Waals surface area contributed by atoms with Crippen LogP contribution in [0.4, 0.5) is 4.39 Å². The van der Waals surface area contributed by atoms with Gasteiger partial charge >= 0.3 is 0 Å². The number of aryl methyl sites for hydroxylation is 1. The van der Waals surface area contributed by atoms with Crippen LogP contribution in [0, 0.1) is 12.7 Å². The minimum absolute atomic E-state index is 0.200. The third-order valence-corrected chi connectivity index (χ3v) is 1.75. The van der Waals surface area contributed by atoms with Crippen LogP contribution in [0.15, 0.2) is 24.3 Å². The summed E-state index contributed by atoms with van der Waals surface area (Å²) in [5.41, 5.74) is 1.52. The predicted molar refractivity (Wildman–Crippen MR) is 51.9 cm³/mol. The van der Waals surface area contributed by atoms with E-state index in [1.807, 2.05) is 0 Å². The first-order valence-electron chi connectivity index (χ1n) is 4.22. The first kappa shape index (κ1) is 9.93. The Balaban J connectivity index is 2.85. The van der Waals surface area contributed by atoms with Gasteiger partial charge in [0.1, 0.15) is 5.82 Å². The number of hydrogen-bond acceptors (Lipinski definition) is 1. The van der Waals surface area contributed by atoms with E-state index in [0.717, 1.165) is 5.56 Å². The number of benzene rings is 1. The van der Waals surface area contributed by atoms with E-state index in [1.54, 1.807) is 38.1 Å². The SMILES string of the molecule is Cc1cc(/C=C/C(C)O)ccc1F. The van der Waals surface area contributed by atoms with Crippen LogP contribution in [0.1, 0.15) is 18.1 Å². The lowest BCUT2D eigenvalue weighted by Crippen LogP contribution is -1.91. The molecule has 0 saturated heterocycles. The highest BCUT2D eigenvalue weighted by atomic mass is 19.1. The van der Waals surface area contributed by atoms with Crippen LogP contribution >= 0.6 is 0 Å². The molecule has 0 saturated carbocycles. The summed E-state index contributed by atoms with van der Waals surface area (Å²) in [6, 6.07) is 4.85. The average molecular weight is 180 g/mol. The van der Waals surface area contributed by atoms with Crippen molar-refractivity contribution in [2.75, 3.05) is 0 Å². The molecule has 0 spiro atoms. The van der Waals surface area contributed by atoms with Crippen LogP contribution in [-0.2, 0) is 0 Å². The molecule has 0 aliphatic rings. The van der Waals surface area contributed by atoms with Crippen LogP contribution in [-0.4, -0.2) is 11.2 Å². The molecule has 1 unspecified atom stereocenters. The molecule has 2 heteroatoms. The molecule has 1 aromatic rings. The Kier molecular flexibility index (Phi) is 3.20. The number of hydrogen-bond donors (Lipinski definition) is 1. The van der Waals surface area contributed by atoms with Crippen molar-refractivity contribution in [1.29, 1.82) is 0 Å². The summed E-state index contributed by atoms with van der Waals surface area (Å²) in [6.45, 7) is 3.39. The first-order chi connectivity index (χ1) is 6.09. The van der Waals surface area contributed by atoms with E-state index in [1.165, 1.54) is 6.07 Å². The lowest BCUT2D eigenvalue weighted by molar-refractivity contribution is 0.245. The molecular weight excluding hydrogens is 167 g/mol. The van der Waals surface area contributed by atoms with Gasteiger partial charge < -0.3 is 5.11 Å². The lowest BCUT2D eigenvalue weighted by atomic mass is 10.1. The van der Waals surface area contributed by atoms with Gasteiger partial charge in [0.05, 0.1) is 6.10 Å². The monoisotopic (exact) mass is 180 g/mol. The van der Waals surface area contributed by atoms with Crippen LogP contribution in [0.2, 0.25) is 0 Å². The molecule has 1 N–H and O–H groups in total. The van der Waals surface area contributed by atoms with E-state index in [0.29, 0.717) is 5.56 Å². The fraction of sp³-hybridized carbons (Fsp3) is 0.273. The van der Waals surface area contributed by atoms with E-state index in [2.05, 4.69) is 0 Å². The predicted octanol–water partition coefficient (Wildman–Crippen LogP) is 2.53. The summed E-state index contributed by atoms with van der Waals surface area (Å²) < 4.78 is 12.8. The molecule has 1 rings (SSSR count). The summed E-state index contributed by atoms with van der Waals surface area (Å²) >= 11 is 0. The summed E-state index contributed by atoms with van der Waals surface area (Å²) in [5, 5.41) is 8.98. The van der Waals surface area contributed by atoms with Gasteiger partial charge in [-0.2, -0.15) is 0 Å². The van der Waals surface area contributed by atoms with Crippen LogP contribution in [0.3, 0.4) is 0 Å². The van der Waals surface area contributed by atoms with Crippen molar-refractivity contribution in [2.45, 2.75) is 20.0 Å². The van der Waals surface area contributed by atoms with Crippen molar-refractivity contribution in [3.63, 3.8) is 0 Å². The molecule has 1 atom stereocenters. The van der Waals surface area contributed by atoms with E-state index in [4.69, 9.17) is 5.11 Å². The second kappa shape index (κ2) is 4.19. The Labute approximate surface area is 77.5 Å². The zero-order chi connectivity index (χ0) is 9.84. The molecule has 0 bridgehead atoms. The fourth-order valence-electron chi connectivity index (χ4n) is 1.02. The van der Waals surface area contributed by atoms with Gasteiger partial charge in [-0.05, 0) is 37.1 Å². The molecule has 0 fully saturated rings. The number of aliphatic hydroxyl groups is 1. The Hall–Kier alpha value is -1.15. The molecule has 0 aliphatic carbocycles. The van der Waals surface area contributed by atoms with Crippen molar-refractivity contribution in [3.8, 4) is 0 Å². The zero-order valence-electron chi connectivity index (χ0n) is 7.79. The molecule has 1 aromatic carbocycles. The summed E-state index contributed by atoms with van der Waals surface area (Å²) in [4.78, 5) is 0. The highest BCUT2D eigenvalue weighted by Gasteiger charge is 1.96. The first-order valence-corrected chi connectivity index (χ1v) is 4.22. The molecule has 0 amide bonds. The molecule has 0 aromatic heterocycles. The van der Waals surface area contributed by atoms with Crippen LogP contribution < -0.4 is 0 Å². The third-order valence-electron chi connectivity index (χ3n) is 1.75. The van der Waals surface area contributed by atoms with Gasteiger partial charge in [-0.15, -0.1) is 0 Å². The normalized spacial score (nSPS) is 13.5. The molecule has 70 valence electrons. The van der Waals surface area contributed by atoms with Crippen LogP contribution in [0.25, 0.3) is 6.08 Å². The Bertz CT molecular complexity index is 316. The van der Waals surface area contributed by atoms with Gasteiger partial charge in [0.2, 0.25) is 0 Å². The summed E-state index contributed by atoms with van der Waals surface area (Å²) in [6.07, 6.45) is 2.97. The van der Waals surface area contributed by atoms with Gasteiger partial charge in [0, 0.05) is 0 Å². The third kappa shape index (κ3) is 2.99. The minimum atomic E-state index is -0.467. The summed E-state index contributed by atoms with van der Waals surface area (Å²) in [7, 11) is 0. The molecule has 0 radical (unpaired) electrons. The number of aliphatic hydroxyl groups excluding tert-OH is 1. The van der Waals surface area contributed by atoms with Crippen molar-refractivity contribution in [1.82, 2.24) is 0 Å². The van der Waals surface area contributed by atoms with E-state index >= 15 is 0 Å². The maximum absolute atomic E-state index is 12.8. The average Bonchev–Trinajstić information content (AvgIpc) is 2.07. The van der Waals surface area contributed by atoms with Gasteiger partial charge in [-0.3, -0.25) is 0 Å². The topological polar surface area (TPSA) is 20.2 Å². The van der Waals surface area contributed by atoms with Crippen LogP contribution in [0.5, 0.6) is 0 Å². The highest BCUT2D eigenvalue weighted by Crippen LogP contribution is 2.10. The Morgan fingerprint density at radius 3 is 2.69 bits per heavy atom. The Morgan fingerprint density at radius 1 is 1.46 bits per heavy atom. The number of rotatable bonds is 2. The minimum Gasteiger partial charge on any atom is -0.389 e.